The number of hydrogen-bond acceptors (Lipinski definition) is 0. The van der Waals surface area contributed by atoms with Gasteiger partial charge in [-0.3, -0.25) is 0 Å². The second-order valence-electron chi connectivity index (χ2n) is 3.49. The second-order valence-corrected chi connectivity index (χ2v) is 3.49. The molecule has 1 aliphatic carbocycles. The molecule has 0 heteroatoms. The van der Waals surface area contributed by atoms with Crippen molar-refractivity contribution in [2.75, 3.05) is 0 Å². The summed E-state index contributed by atoms with van der Waals surface area (Å²) in [5, 5.41) is 0. The third-order valence-electron chi connectivity index (χ3n) is 2.83. The van der Waals surface area contributed by atoms with Gasteiger partial charge in [-0.15, -0.1) is 0 Å². The molecule has 1 saturated carbocycles. The Morgan fingerprint density at radius 3 is 2.50 bits per heavy atom. The maximum Gasteiger partial charge on any atom is -0.00492 e. The zero-order chi connectivity index (χ0) is 9.03. The molecule has 1 rings (SSSR count). The average molecular weight is 162 g/mol. The Morgan fingerprint density at radius 1 is 1.50 bits per heavy atom. The fourth-order valence-electron chi connectivity index (χ4n) is 1.66. The number of rotatable bonds is 4. The van der Waals surface area contributed by atoms with E-state index in [9.17, 15) is 0 Å². The molecule has 66 valence electrons. The van der Waals surface area contributed by atoms with E-state index in [0.717, 1.165) is 0 Å². The Morgan fingerprint density at radius 2 is 2.17 bits per heavy atom. The van der Waals surface area contributed by atoms with Crippen molar-refractivity contribution in [1.29, 1.82) is 0 Å². The molecule has 0 aromatic rings. The van der Waals surface area contributed by atoms with E-state index in [0.29, 0.717) is 5.41 Å². The van der Waals surface area contributed by atoms with Crippen LogP contribution < -0.4 is 0 Å². The van der Waals surface area contributed by atoms with Crippen LogP contribution in [0.15, 0.2) is 36.5 Å². The minimum atomic E-state index is 0.501. The van der Waals surface area contributed by atoms with Gasteiger partial charge in [0.2, 0.25) is 0 Å². The van der Waals surface area contributed by atoms with Gasteiger partial charge in [0.15, 0.2) is 0 Å². The fraction of sp³-hybridized carbons (Fsp3) is 0.500. The molecule has 0 aliphatic heterocycles. The van der Waals surface area contributed by atoms with E-state index in [1.165, 1.54) is 24.8 Å². The first-order valence-corrected chi connectivity index (χ1v) is 4.75. The van der Waals surface area contributed by atoms with E-state index >= 15 is 0 Å². The Balaban J connectivity index is 2.74. The Kier molecular flexibility index (Phi) is 2.91. The summed E-state index contributed by atoms with van der Waals surface area (Å²) in [4.78, 5) is 0. The van der Waals surface area contributed by atoms with Gasteiger partial charge in [-0.1, -0.05) is 37.8 Å². The highest BCUT2D eigenvalue weighted by molar-refractivity contribution is 5.33. The maximum absolute atomic E-state index is 3.87. The summed E-state index contributed by atoms with van der Waals surface area (Å²) in [6, 6.07) is 0. The van der Waals surface area contributed by atoms with Crippen molar-refractivity contribution in [1.82, 2.24) is 0 Å². The van der Waals surface area contributed by atoms with Gasteiger partial charge in [0.05, 0.1) is 0 Å². The minimum absolute atomic E-state index is 0.501. The molecule has 0 aromatic carbocycles. The average Bonchev–Trinajstić information content (AvgIpc) is 2.87. The van der Waals surface area contributed by atoms with Crippen molar-refractivity contribution in [2.45, 2.75) is 33.1 Å². The summed E-state index contributed by atoms with van der Waals surface area (Å²) in [6.07, 6.45) is 12.3. The lowest BCUT2D eigenvalue weighted by molar-refractivity contribution is 0.598. The van der Waals surface area contributed by atoms with Gasteiger partial charge in [-0.05, 0) is 37.2 Å². The molecular formula is C12H18. The van der Waals surface area contributed by atoms with Gasteiger partial charge in [-0.2, -0.15) is 0 Å². The minimum Gasteiger partial charge on any atom is -0.0988 e. The molecular weight excluding hydrogens is 144 g/mol. The van der Waals surface area contributed by atoms with Gasteiger partial charge >= 0.3 is 0 Å². The van der Waals surface area contributed by atoms with Crippen LogP contribution in [-0.2, 0) is 0 Å². The molecule has 0 N–H and O–H groups in total. The highest BCUT2D eigenvalue weighted by atomic mass is 14.5. The van der Waals surface area contributed by atoms with Crippen LogP contribution in [0.5, 0.6) is 0 Å². The van der Waals surface area contributed by atoms with Crippen LogP contribution in [0, 0.1) is 5.41 Å². The summed E-state index contributed by atoms with van der Waals surface area (Å²) in [5.41, 5.74) is 1.92. The molecule has 0 heterocycles. The standard InChI is InChI=1S/C12H18/c1-4-7-8-11(5-2)12(6-3)9-10-12/h4-5,7-8H,2,6,9-10H2,1,3H3/b7-4-,11-8+. The Bertz CT molecular complexity index is 214. The molecule has 12 heavy (non-hydrogen) atoms. The summed E-state index contributed by atoms with van der Waals surface area (Å²) < 4.78 is 0. The third-order valence-corrected chi connectivity index (χ3v) is 2.83. The Hall–Kier alpha value is -0.780. The van der Waals surface area contributed by atoms with E-state index in [4.69, 9.17) is 0 Å². The van der Waals surface area contributed by atoms with Gasteiger partial charge < -0.3 is 0 Å². The van der Waals surface area contributed by atoms with Crippen molar-refractivity contribution < 1.29 is 0 Å². The van der Waals surface area contributed by atoms with Crippen molar-refractivity contribution in [3.05, 3.63) is 36.5 Å². The zero-order valence-corrected chi connectivity index (χ0v) is 8.14. The van der Waals surface area contributed by atoms with Crippen LogP contribution in [0.4, 0.5) is 0 Å². The molecule has 0 saturated heterocycles. The molecule has 0 nitrogen and oxygen atoms in total. The number of hydrogen-bond donors (Lipinski definition) is 0. The van der Waals surface area contributed by atoms with Crippen LogP contribution in [-0.4, -0.2) is 0 Å². The lowest BCUT2D eigenvalue weighted by Crippen LogP contribution is -1.99. The van der Waals surface area contributed by atoms with Crippen LogP contribution >= 0.6 is 0 Å². The molecule has 0 atom stereocenters. The third kappa shape index (κ3) is 1.69. The normalized spacial score (nSPS) is 21.3. The highest BCUT2D eigenvalue weighted by Crippen LogP contribution is 2.54. The first-order valence-electron chi connectivity index (χ1n) is 4.75. The molecule has 0 bridgehead atoms. The summed E-state index contributed by atoms with van der Waals surface area (Å²) >= 11 is 0. The lowest BCUT2D eigenvalue weighted by atomic mass is 9.92. The molecule has 0 radical (unpaired) electrons. The maximum atomic E-state index is 3.87. The lowest BCUT2D eigenvalue weighted by Gasteiger charge is -2.12. The SMILES string of the molecule is C=C/C(=C\C=C/C)C1(CC)CC1. The van der Waals surface area contributed by atoms with Gasteiger partial charge in [0.25, 0.3) is 0 Å². The van der Waals surface area contributed by atoms with Crippen molar-refractivity contribution in [2.24, 2.45) is 5.41 Å². The smallest absolute Gasteiger partial charge is 0.00492 e. The molecule has 0 spiro atoms. The van der Waals surface area contributed by atoms with Gasteiger partial charge in [0, 0.05) is 0 Å². The van der Waals surface area contributed by atoms with Crippen molar-refractivity contribution in [3.63, 3.8) is 0 Å². The summed E-state index contributed by atoms with van der Waals surface area (Å²) in [6.45, 7) is 8.17. The van der Waals surface area contributed by atoms with E-state index in [1.807, 2.05) is 13.0 Å². The van der Waals surface area contributed by atoms with E-state index in [2.05, 4.69) is 31.7 Å². The monoisotopic (exact) mass is 162 g/mol. The highest BCUT2D eigenvalue weighted by Gasteiger charge is 2.42. The van der Waals surface area contributed by atoms with Gasteiger partial charge in [0.1, 0.15) is 0 Å². The predicted octanol–water partition coefficient (Wildman–Crippen LogP) is 3.87. The number of allylic oxidation sites excluding steroid dienone is 5. The van der Waals surface area contributed by atoms with Crippen LogP contribution in [0.1, 0.15) is 33.1 Å². The van der Waals surface area contributed by atoms with Crippen LogP contribution in [0.2, 0.25) is 0 Å². The first kappa shape index (κ1) is 9.31. The first-order chi connectivity index (χ1) is 5.79. The molecule has 1 aliphatic rings. The Labute approximate surface area is 75.7 Å². The largest absolute Gasteiger partial charge is 0.0988 e. The van der Waals surface area contributed by atoms with Crippen LogP contribution in [0.3, 0.4) is 0 Å². The molecule has 0 aromatic heterocycles. The van der Waals surface area contributed by atoms with E-state index in [1.54, 1.807) is 0 Å². The van der Waals surface area contributed by atoms with Crippen LogP contribution in [0.25, 0.3) is 0 Å². The fourth-order valence-corrected chi connectivity index (χ4v) is 1.66. The quantitative estimate of drug-likeness (QED) is 0.550. The van der Waals surface area contributed by atoms with E-state index < -0.39 is 0 Å². The molecule has 0 amide bonds. The summed E-state index contributed by atoms with van der Waals surface area (Å²) in [5.74, 6) is 0. The van der Waals surface area contributed by atoms with Crippen molar-refractivity contribution >= 4 is 0 Å². The second kappa shape index (κ2) is 3.75. The molecule has 1 fully saturated rings. The van der Waals surface area contributed by atoms with Crippen molar-refractivity contribution in [3.8, 4) is 0 Å². The predicted molar refractivity (Wildman–Crippen MR) is 55.1 cm³/mol. The topological polar surface area (TPSA) is 0 Å². The van der Waals surface area contributed by atoms with E-state index in [-0.39, 0.29) is 0 Å². The van der Waals surface area contributed by atoms with Gasteiger partial charge in [-0.25, -0.2) is 0 Å². The molecule has 0 unspecified atom stereocenters. The summed E-state index contributed by atoms with van der Waals surface area (Å²) in [7, 11) is 0. The zero-order valence-electron chi connectivity index (χ0n) is 8.14.